The second kappa shape index (κ2) is 15.3. The Hall–Kier alpha value is -2.65. The highest BCUT2D eigenvalue weighted by Gasteiger charge is 2.56. The van der Waals surface area contributed by atoms with Crippen LogP contribution < -0.4 is 30.4 Å². The van der Waals surface area contributed by atoms with Crippen molar-refractivity contribution in [1.29, 1.82) is 0 Å². The molecule has 8 rings (SSSR count). The van der Waals surface area contributed by atoms with Crippen LogP contribution in [0.4, 0.5) is 0 Å². The summed E-state index contributed by atoms with van der Waals surface area (Å²) in [5, 5.41) is 12.9. The fourth-order valence-electron chi connectivity index (χ4n) is 8.31. The Bertz CT molecular complexity index is 2500. The van der Waals surface area contributed by atoms with Gasteiger partial charge in [0.1, 0.15) is 40.6 Å². The van der Waals surface area contributed by atoms with Crippen LogP contribution in [-0.4, -0.2) is 69.2 Å². The van der Waals surface area contributed by atoms with Gasteiger partial charge in [0, 0.05) is 28.1 Å². The molecule has 2 aromatic heterocycles. The molecule has 0 saturated carbocycles. The zero-order valence-corrected chi connectivity index (χ0v) is 42.9. The molecule has 2 aliphatic rings. The van der Waals surface area contributed by atoms with Gasteiger partial charge >= 0.3 is 16.4 Å². The number of hydrogen-bond acceptors (Lipinski definition) is 9. The summed E-state index contributed by atoms with van der Waals surface area (Å²) in [6.07, 6.45) is -2.26. The van der Waals surface area contributed by atoms with Crippen molar-refractivity contribution in [1.82, 2.24) is 0 Å². The van der Waals surface area contributed by atoms with Crippen molar-refractivity contribution >= 4 is 113 Å². The molecule has 9 nitrogen and oxygen atoms in total. The van der Waals surface area contributed by atoms with E-state index in [0.29, 0.717) is 6.54 Å². The molecule has 316 valence electrons. The number of ether oxygens (including phenoxy) is 3. The number of nitrogens with one attached hydrogen (secondary N) is 1. The number of benzene rings is 4. The molecular formula is C44H61NO8P2Si4. The minimum atomic E-state index is -1.97. The largest absolute Gasteiger partial charge is 0.408 e. The van der Waals surface area contributed by atoms with Crippen molar-refractivity contribution in [3.8, 4) is 0 Å². The lowest BCUT2D eigenvalue weighted by Gasteiger charge is -2.25. The average Bonchev–Trinajstić information content (AvgIpc) is 3.44. The molecule has 59 heavy (non-hydrogen) atoms. The predicted molar refractivity (Wildman–Crippen MR) is 258 cm³/mol. The van der Waals surface area contributed by atoms with Crippen LogP contribution in [0.1, 0.15) is 13.8 Å². The van der Waals surface area contributed by atoms with Gasteiger partial charge in [-0.15, -0.1) is 0 Å². The van der Waals surface area contributed by atoms with Gasteiger partial charge in [0.05, 0.1) is 32.3 Å². The van der Waals surface area contributed by atoms with E-state index in [0.717, 1.165) is 43.9 Å². The molecular weight excluding hydrogens is 845 g/mol. The standard InChI is InChI=1S/C44H61NO8P2Si4/c1-44(2)47-42-41(53-55-51-39-30(21-17-25-35(39)58(9,10)11)31-22-18-26-36(40(31)52-55)59(12,13)14)32(46-43(42)48-44)27-45-54-49-37-28(19-15-23-33(37)56(3,4)5)29-20-16-24-34(38(29)50-54)57(6,7)8/h15-26,32,41-43,45H,27H2,1-14H3/t32-,41-,42-,43-/m1/s1. The molecule has 4 heterocycles. The van der Waals surface area contributed by atoms with Gasteiger partial charge in [-0.2, -0.15) is 0 Å². The highest BCUT2D eigenvalue weighted by Crippen LogP contribution is 2.43. The Labute approximate surface area is 354 Å². The molecule has 0 radical (unpaired) electrons. The van der Waals surface area contributed by atoms with Crippen molar-refractivity contribution < 1.29 is 35.5 Å². The highest BCUT2D eigenvalue weighted by molar-refractivity contribution is 7.38. The van der Waals surface area contributed by atoms with E-state index in [-0.39, 0.29) is 0 Å². The van der Waals surface area contributed by atoms with Crippen LogP contribution in [-0.2, 0) is 14.2 Å². The molecule has 15 heteroatoms. The van der Waals surface area contributed by atoms with E-state index in [1.54, 1.807) is 0 Å². The third-order valence-corrected chi connectivity index (χ3v) is 21.5. The van der Waals surface area contributed by atoms with Gasteiger partial charge in [0.2, 0.25) is 0 Å². The second-order valence-electron chi connectivity index (χ2n) is 20.7. The Balaban J connectivity index is 1.27. The van der Waals surface area contributed by atoms with Gasteiger partial charge < -0.3 is 31.0 Å². The molecule has 0 unspecified atom stereocenters. The Morgan fingerprint density at radius 1 is 0.542 bits per heavy atom. The Morgan fingerprint density at radius 2 is 0.915 bits per heavy atom. The molecule has 2 fully saturated rings. The second-order valence-corrected chi connectivity index (χ2v) is 43.0. The maximum Gasteiger partial charge on any atom is 0.387 e. The molecule has 4 atom stereocenters. The fraction of sp³-hybridized carbons (Fsp3) is 0.455. The lowest BCUT2D eigenvalue weighted by atomic mass is 10.1. The highest BCUT2D eigenvalue weighted by atomic mass is 31.1. The number of fused-ring (bicyclic) bond motifs is 7. The van der Waals surface area contributed by atoms with Crippen LogP contribution in [0.15, 0.2) is 89.6 Å². The molecule has 0 bridgehead atoms. The number of para-hydroxylation sites is 4. The maximum atomic E-state index is 7.12. The van der Waals surface area contributed by atoms with E-state index >= 15 is 0 Å². The maximum absolute atomic E-state index is 7.12. The first-order valence-corrected chi connectivity index (χ1v) is 37.1. The fourth-order valence-corrected chi connectivity index (χ4v) is 17.0. The van der Waals surface area contributed by atoms with Crippen LogP contribution in [0, 0.1) is 0 Å². The lowest BCUT2D eigenvalue weighted by molar-refractivity contribution is -0.210. The molecule has 6 aromatic rings. The molecule has 2 saturated heterocycles. The lowest BCUT2D eigenvalue weighted by Crippen LogP contribution is -2.41. The zero-order valence-electron chi connectivity index (χ0n) is 37.1. The third kappa shape index (κ3) is 8.47. The summed E-state index contributed by atoms with van der Waals surface area (Å²) in [5.74, 6) is -0.853. The average molecular weight is 906 g/mol. The van der Waals surface area contributed by atoms with Gasteiger partial charge in [0.25, 0.3) is 0 Å². The summed E-state index contributed by atoms with van der Waals surface area (Å²) >= 11 is 0. The van der Waals surface area contributed by atoms with Crippen LogP contribution in [0.5, 0.6) is 0 Å². The van der Waals surface area contributed by atoms with Crippen molar-refractivity contribution in [3.63, 3.8) is 0 Å². The van der Waals surface area contributed by atoms with E-state index in [1.165, 1.54) is 20.7 Å². The summed E-state index contributed by atoms with van der Waals surface area (Å²) in [6.45, 7) is 32.4. The van der Waals surface area contributed by atoms with E-state index in [1.807, 2.05) is 13.8 Å². The minimum Gasteiger partial charge on any atom is -0.408 e. The number of rotatable bonds is 9. The first kappa shape index (κ1) is 43.0. The van der Waals surface area contributed by atoms with Gasteiger partial charge in [-0.25, -0.2) is 5.09 Å². The third-order valence-electron chi connectivity index (χ3n) is 11.3. The summed E-state index contributed by atoms with van der Waals surface area (Å²) in [4.78, 5) is 0. The normalized spacial score (nSPS) is 21.2. The van der Waals surface area contributed by atoms with Crippen LogP contribution >= 0.6 is 16.4 Å². The first-order chi connectivity index (χ1) is 27.5. The Morgan fingerprint density at radius 3 is 1.29 bits per heavy atom. The summed E-state index contributed by atoms with van der Waals surface area (Å²) in [5.41, 5.74) is 3.49. The van der Waals surface area contributed by atoms with Crippen LogP contribution in [0.3, 0.4) is 0 Å². The molecule has 0 spiro atoms. The van der Waals surface area contributed by atoms with Gasteiger partial charge in [0.15, 0.2) is 12.1 Å². The summed E-state index contributed by atoms with van der Waals surface area (Å²) < 4.78 is 54.8. The summed E-state index contributed by atoms with van der Waals surface area (Å²) in [6, 6.07) is 26.1. The smallest absolute Gasteiger partial charge is 0.387 e. The molecule has 0 aliphatic carbocycles. The molecule has 2 aliphatic heterocycles. The van der Waals surface area contributed by atoms with Gasteiger partial charge in [-0.05, 0) is 34.6 Å². The van der Waals surface area contributed by atoms with E-state index < -0.39 is 79.1 Å². The van der Waals surface area contributed by atoms with E-state index in [2.05, 4.69) is 156 Å². The predicted octanol–water partition coefficient (Wildman–Crippen LogP) is 11.0. The van der Waals surface area contributed by atoms with E-state index in [9.17, 15) is 0 Å². The summed E-state index contributed by atoms with van der Waals surface area (Å²) in [7, 11) is -11.0. The van der Waals surface area contributed by atoms with Gasteiger partial charge in [-0.1, -0.05) is 151 Å². The molecule has 0 amide bonds. The monoisotopic (exact) mass is 905 g/mol. The van der Waals surface area contributed by atoms with Crippen molar-refractivity contribution in [2.75, 3.05) is 11.6 Å². The molecule has 1 N–H and O–H groups in total. The van der Waals surface area contributed by atoms with Crippen LogP contribution in [0.2, 0.25) is 78.6 Å². The SMILES string of the molecule is CC1(C)O[C@H]2O[C@H](CNp3oc4c([Si](C)(C)C)cccc4c4cccc([Si](C)(C)C)c4o3)[C@@H](Op3oc4c([Si](C)(C)C)cccc4c4cccc([Si](C)(C)C)c4o3)[C@H]2O1. The minimum absolute atomic E-state index is 0.349. The van der Waals surface area contributed by atoms with Crippen molar-refractivity contribution in [2.45, 2.75) is 123 Å². The molecule has 4 aromatic carbocycles. The number of hydrogen-bond donors (Lipinski definition) is 1. The zero-order chi connectivity index (χ0) is 42.4. The Kier molecular flexibility index (Phi) is 11.2. The van der Waals surface area contributed by atoms with E-state index in [4.69, 9.17) is 35.5 Å². The first-order valence-electron chi connectivity index (χ1n) is 20.8. The van der Waals surface area contributed by atoms with Crippen molar-refractivity contribution in [3.05, 3.63) is 72.8 Å². The van der Waals surface area contributed by atoms with Crippen molar-refractivity contribution in [2.24, 2.45) is 0 Å². The topological polar surface area (TPSA) is 102 Å². The quantitative estimate of drug-likeness (QED) is 0.142. The van der Waals surface area contributed by atoms with Crippen LogP contribution in [0.25, 0.3) is 43.9 Å². The van der Waals surface area contributed by atoms with Gasteiger partial charge in [-0.3, -0.25) is 4.52 Å².